The minimum absolute atomic E-state index is 0.321. The molecule has 0 spiro atoms. The molecule has 2 aliphatic rings. The highest BCUT2D eigenvalue weighted by atomic mass is 16.5. The number of hydrogen-bond donors (Lipinski definition) is 2. The molecule has 0 amide bonds. The lowest BCUT2D eigenvalue weighted by atomic mass is 9.84. The topological polar surface area (TPSA) is 41.5 Å². The highest BCUT2D eigenvalue weighted by Crippen LogP contribution is 2.49. The molecule has 2 fully saturated rings. The smallest absolute Gasteiger partial charge is 0.119 e. The second-order valence-corrected chi connectivity index (χ2v) is 8.39. The SMILES string of the molecule is CC(NCC(O)COc1ccc(-c2ccccc2)cc1)C1CC2CCC1C2. The van der Waals surface area contributed by atoms with Crippen LogP contribution in [0.25, 0.3) is 11.1 Å². The predicted octanol–water partition coefficient (Wildman–Crippen LogP) is 4.51. The van der Waals surface area contributed by atoms with Gasteiger partial charge in [0.15, 0.2) is 0 Å². The largest absolute Gasteiger partial charge is 0.491 e. The van der Waals surface area contributed by atoms with Crippen LogP contribution in [0.2, 0.25) is 0 Å². The van der Waals surface area contributed by atoms with Crippen molar-refractivity contribution in [3.05, 3.63) is 54.6 Å². The summed E-state index contributed by atoms with van der Waals surface area (Å²) >= 11 is 0. The third-order valence-electron chi connectivity index (χ3n) is 6.51. The number of aliphatic hydroxyl groups is 1. The Kier molecular flexibility index (Phi) is 5.80. The summed E-state index contributed by atoms with van der Waals surface area (Å²) in [5.41, 5.74) is 2.37. The van der Waals surface area contributed by atoms with Crippen molar-refractivity contribution in [3.63, 3.8) is 0 Å². The molecule has 0 aliphatic heterocycles. The molecule has 5 unspecified atom stereocenters. The van der Waals surface area contributed by atoms with E-state index in [1.807, 2.05) is 30.3 Å². The van der Waals surface area contributed by atoms with E-state index in [2.05, 4.69) is 36.5 Å². The van der Waals surface area contributed by atoms with Crippen molar-refractivity contribution >= 4 is 0 Å². The Morgan fingerprint density at radius 1 is 1.00 bits per heavy atom. The minimum Gasteiger partial charge on any atom is -0.491 e. The monoisotopic (exact) mass is 365 g/mol. The Labute approximate surface area is 162 Å². The second-order valence-electron chi connectivity index (χ2n) is 8.39. The summed E-state index contributed by atoms with van der Waals surface area (Å²) in [7, 11) is 0. The molecule has 0 aromatic heterocycles. The summed E-state index contributed by atoms with van der Waals surface area (Å²) in [5.74, 6) is 3.47. The van der Waals surface area contributed by atoms with Crippen LogP contribution in [0, 0.1) is 17.8 Å². The molecular weight excluding hydrogens is 334 g/mol. The van der Waals surface area contributed by atoms with E-state index in [4.69, 9.17) is 4.74 Å². The fourth-order valence-electron chi connectivity index (χ4n) is 5.01. The van der Waals surface area contributed by atoms with Gasteiger partial charge in [0.1, 0.15) is 18.5 Å². The van der Waals surface area contributed by atoms with Gasteiger partial charge in [-0.2, -0.15) is 0 Å². The number of fused-ring (bicyclic) bond motifs is 2. The van der Waals surface area contributed by atoms with Crippen LogP contribution in [0.1, 0.15) is 32.6 Å². The fraction of sp³-hybridized carbons (Fsp3) is 0.500. The van der Waals surface area contributed by atoms with Gasteiger partial charge in [-0.25, -0.2) is 0 Å². The van der Waals surface area contributed by atoms with Crippen LogP contribution in [0.4, 0.5) is 0 Å². The van der Waals surface area contributed by atoms with Crippen LogP contribution >= 0.6 is 0 Å². The van der Waals surface area contributed by atoms with Gasteiger partial charge >= 0.3 is 0 Å². The number of rotatable bonds is 8. The molecule has 2 N–H and O–H groups in total. The average Bonchev–Trinajstić information content (AvgIpc) is 3.35. The van der Waals surface area contributed by atoms with Gasteiger partial charge in [-0.1, -0.05) is 48.9 Å². The Morgan fingerprint density at radius 2 is 1.74 bits per heavy atom. The molecule has 4 rings (SSSR count). The highest BCUT2D eigenvalue weighted by molar-refractivity contribution is 5.63. The van der Waals surface area contributed by atoms with Crippen LogP contribution in [0.3, 0.4) is 0 Å². The normalized spacial score (nSPS) is 26.1. The van der Waals surface area contributed by atoms with Gasteiger partial charge < -0.3 is 15.2 Å². The van der Waals surface area contributed by atoms with E-state index in [1.165, 1.54) is 36.8 Å². The average molecular weight is 366 g/mol. The minimum atomic E-state index is -0.486. The fourth-order valence-corrected chi connectivity index (χ4v) is 5.01. The maximum atomic E-state index is 10.3. The van der Waals surface area contributed by atoms with Crippen molar-refractivity contribution in [2.24, 2.45) is 17.8 Å². The lowest BCUT2D eigenvalue weighted by Gasteiger charge is -2.29. The van der Waals surface area contributed by atoms with E-state index in [9.17, 15) is 5.11 Å². The van der Waals surface area contributed by atoms with Gasteiger partial charge in [-0.15, -0.1) is 0 Å². The van der Waals surface area contributed by atoms with Gasteiger partial charge in [0.25, 0.3) is 0 Å². The van der Waals surface area contributed by atoms with Crippen LogP contribution < -0.4 is 10.1 Å². The molecular formula is C24H31NO2. The molecule has 0 radical (unpaired) electrons. The summed E-state index contributed by atoms with van der Waals surface area (Å²) in [5, 5.41) is 13.8. The van der Waals surface area contributed by atoms with E-state index in [-0.39, 0.29) is 0 Å². The van der Waals surface area contributed by atoms with E-state index < -0.39 is 6.10 Å². The summed E-state index contributed by atoms with van der Waals surface area (Å²) in [4.78, 5) is 0. The maximum absolute atomic E-state index is 10.3. The van der Waals surface area contributed by atoms with Gasteiger partial charge in [-0.3, -0.25) is 0 Å². The molecule has 2 aromatic carbocycles. The third kappa shape index (κ3) is 4.53. The van der Waals surface area contributed by atoms with Gasteiger partial charge in [0.05, 0.1) is 0 Å². The number of aliphatic hydroxyl groups excluding tert-OH is 1. The van der Waals surface area contributed by atoms with Crippen molar-refractivity contribution < 1.29 is 9.84 Å². The molecule has 144 valence electrons. The third-order valence-corrected chi connectivity index (χ3v) is 6.51. The van der Waals surface area contributed by atoms with Gasteiger partial charge in [0.2, 0.25) is 0 Å². The Balaban J connectivity index is 1.20. The number of nitrogens with one attached hydrogen (secondary N) is 1. The summed E-state index contributed by atoms with van der Waals surface area (Å²) in [6.07, 6.45) is 5.17. The highest BCUT2D eigenvalue weighted by Gasteiger charge is 2.41. The Morgan fingerprint density at radius 3 is 2.41 bits per heavy atom. The van der Waals surface area contributed by atoms with Crippen LogP contribution in [0.15, 0.2) is 54.6 Å². The zero-order valence-electron chi connectivity index (χ0n) is 16.2. The number of ether oxygens (including phenoxy) is 1. The molecule has 2 bridgehead atoms. The Bertz CT molecular complexity index is 715. The standard InChI is InChI=1S/C24H31NO2/c1-17(24-14-18-7-8-21(24)13-18)25-15-22(26)16-27-23-11-9-20(10-12-23)19-5-3-2-4-6-19/h2-6,9-12,17-18,21-22,24-26H,7-8,13-16H2,1H3. The molecule has 5 atom stereocenters. The van der Waals surface area contributed by atoms with E-state index in [0.29, 0.717) is 19.2 Å². The number of hydrogen-bond acceptors (Lipinski definition) is 3. The van der Waals surface area contributed by atoms with Crippen molar-refractivity contribution in [2.75, 3.05) is 13.2 Å². The van der Waals surface area contributed by atoms with Gasteiger partial charge in [0, 0.05) is 12.6 Å². The molecule has 3 heteroatoms. The van der Waals surface area contributed by atoms with Crippen molar-refractivity contribution in [2.45, 2.75) is 44.8 Å². The molecule has 27 heavy (non-hydrogen) atoms. The second kappa shape index (κ2) is 8.45. The molecule has 2 saturated carbocycles. The van der Waals surface area contributed by atoms with E-state index in [1.54, 1.807) is 0 Å². The maximum Gasteiger partial charge on any atom is 0.119 e. The van der Waals surface area contributed by atoms with Crippen molar-refractivity contribution in [1.29, 1.82) is 0 Å². The molecule has 0 heterocycles. The molecule has 0 saturated heterocycles. The first-order valence-corrected chi connectivity index (χ1v) is 10.4. The first-order chi connectivity index (χ1) is 13.2. The lowest BCUT2D eigenvalue weighted by molar-refractivity contribution is 0.0993. The summed E-state index contributed by atoms with van der Waals surface area (Å²) in [6.45, 7) is 3.19. The molecule has 2 aromatic rings. The molecule has 2 aliphatic carbocycles. The molecule has 3 nitrogen and oxygen atoms in total. The van der Waals surface area contributed by atoms with Crippen LogP contribution in [-0.4, -0.2) is 30.4 Å². The first-order valence-electron chi connectivity index (χ1n) is 10.4. The lowest BCUT2D eigenvalue weighted by Crippen LogP contribution is -2.41. The van der Waals surface area contributed by atoms with Crippen LogP contribution in [0.5, 0.6) is 5.75 Å². The zero-order valence-corrected chi connectivity index (χ0v) is 16.2. The summed E-state index contributed by atoms with van der Waals surface area (Å²) < 4.78 is 5.78. The summed E-state index contributed by atoms with van der Waals surface area (Å²) in [6, 6.07) is 18.9. The quantitative estimate of drug-likeness (QED) is 0.723. The first kappa shape index (κ1) is 18.5. The Hall–Kier alpha value is -1.84. The van der Waals surface area contributed by atoms with Crippen molar-refractivity contribution in [3.8, 4) is 16.9 Å². The van der Waals surface area contributed by atoms with E-state index in [0.717, 1.165) is 23.5 Å². The van der Waals surface area contributed by atoms with Crippen LogP contribution in [-0.2, 0) is 0 Å². The van der Waals surface area contributed by atoms with Crippen molar-refractivity contribution in [1.82, 2.24) is 5.32 Å². The number of benzene rings is 2. The van der Waals surface area contributed by atoms with E-state index >= 15 is 0 Å². The predicted molar refractivity (Wildman–Crippen MR) is 110 cm³/mol. The zero-order chi connectivity index (χ0) is 18.6. The van der Waals surface area contributed by atoms with Gasteiger partial charge in [-0.05, 0) is 67.2 Å².